The van der Waals surface area contributed by atoms with Gasteiger partial charge in [-0.15, -0.1) is 10.2 Å². The highest BCUT2D eigenvalue weighted by molar-refractivity contribution is 5.91. The van der Waals surface area contributed by atoms with Gasteiger partial charge in [-0.25, -0.2) is 4.98 Å². The molecule has 0 saturated heterocycles. The van der Waals surface area contributed by atoms with Gasteiger partial charge >= 0.3 is 0 Å². The highest BCUT2D eigenvalue weighted by Crippen LogP contribution is 2.18. The molecule has 0 radical (unpaired) electrons. The Bertz CT molecular complexity index is 1030. The molecule has 0 saturated carbocycles. The Morgan fingerprint density at radius 1 is 0.917 bits per heavy atom. The number of hydrogen-bond donors (Lipinski definition) is 0. The van der Waals surface area contributed by atoms with E-state index in [0.29, 0.717) is 5.92 Å². The molecule has 0 amide bonds. The fraction of sp³-hybridized carbons (Fsp3) is 0.150. The van der Waals surface area contributed by atoms with Crippen LogP contribution < -0.4 is 0 Å². The van der Waals surface area contributed by atoms with E-state index in [1.807, 2.05) is 34.7 Å². The molecule has 2 aromatic carbocycles. The molecule has 0 bridgehead atoms. The van der Waals surface area contributed by atoms with Gasteiger partial charge in [0.15, 0.2) is 11.5 Å². The first-order valence-corrected chi connectivity index (χ1v) is 8.09. The molecule has 0 aliphatic rings. The molecule has 0 N–H and O–H groups in total. The summed E-state index contributed by atoms with van der Waals surface area (Å²) in [5, 5.41) is 9.62. The minimum absolute atomic E-state index is 0.544. The average Bonchev–Trinajstić information content (AvgIpc) is 3.04. The van der Waals surface area contributed by atoms with Crippen LogP contribution in [0.25, 0.3) is 28.7 Å². The fourth-order valence-corrected chi connectivity index (χ4v) is 2.77. The van der Waals surface area contributed by atoms with Crippen molar-refractivity contribution >= 4 is 28.7 Å². The fourth-order valence-electron chi connectivity index (χ4n) is 2.77. The maximum absolute atomic E-state index is 4.48. The number of hydrogen-bond acceptors (Lipinski definition) is 3. The Kier molecular flexibility index (Phi) is 3.58. The molecule has 118 valence electrons. The lowest BCUT2D eigenvalue weighted by atomic mass is 10.0. The summed E-state index contributed by atoms with van der Waals surface area (Å²) in [6.07, 6.45) is 5.80. The molecule has 24 heavy (non-hydrogen) atoms. The lowest BCUT2D eigenvalue weighted by Gasteiger charge is -2.04. The summed E-state index contributed by atoms with van der Waals surface area (Å²) >= 11 is 0. The zero-order chi connectivity index (χ0) is 16.5. The molecular weight excluding hydrogens is 296 g/mol. The number of aromatic nitrogens is 4. The lowest BCUT2D eigenvalue weighted by Crippen LogP contribution is -1.91. The largest absolute Gasteiger partial charge is 0.265 e. The van der Waals surface area contributed by atoms with Crippen LogP contribution in [0.1, 0.15) is 36.7 Å². The molecule has 2 aromatic heterocycles. The van der Waals surface area contributed by atoms with Crippen molar-refractivity contribution in [2.45, 2.75) is 19.8 Å². The number of fused-ring (bicyclic) bond motifs is 3. The molecule has 2 heterocycles. The van der Waals surface area contributed by atoms with Crippen LogP contribution in [0.15, 0.2) is 54.9 Å². The van der Waals surface area contributed by atoms with Crippen molar-refractivity contribution in [1.82, 2.24) is 19.6 Å². The molecule has 4 heteroatoms. The zero-order valence-electron chi connectivity index (χ0n) is 13.7. The molecule has 4 rings (SSSR count). The first kappa shape index (κ1) is 14.6. The first-order chi connectivity index (χ1) is 11.7. The van der Waals surface area contributed by atoms with E-state index in [9.17, 15) is 0 Å². The SMILES string of the molecule is CC(C)c1ccc(/C=C/c2nnc3c4ccccc4ncn23)cc1. The Balaban J connectivity index is 1.70. The standard InChI is InChI=1S/C20H18N4/c1-14(2)16-10-7-15(8-11-16)9-12-19-22-23-20-17-5-3-4-6-18(17)21-13-24(19)20/h3-14H,1-2H3/b12-9+. The quantitative estimate of drug-likeness (QED) is 0.556. The lowest BCUT2D eigenvalue weighted by molar-refractivity contribution is 0.866. The number of nitrogens with zero attached hydrogens (tertiary/aromatic N) is 4. The number of benzene rings is 2. The summed E-state index contributed by atoms with van der Waals surface area (Å²) < 4.78 is 1.92. The van der Waals surface area contributed by atoms with Gasteiger partial charge in [0.1, 0.15) is 6.33 Å². The summed E-state index contributed by atoms with van der Waals surface area (Å²) in [5.74, 6) is 1.32. The van der Waals surface area contributed by atoms with Crippen molar-refractivity contribution in [1.29, 1.82) is 0 Å². The number of rotatable bonds is 3. The monoisotopic (exact) mass is 314 g/mol. The van der Waals surface area contributed by atoms with Crippen LogP contribution in [0, 0.1) is 0 Å². The molecule has 0 fully saturated rings. The Morgan fingerprint density at radius 3 is 2.50 bits per heavy atom. The minimum atomic E-state index is 0.544. The Labute approximate surface area is 140 Å². The molecule has 0 aliphatic heterocycles. The summed E-state index contributed by atoms with van der Waals surface area (Å²) in [6.45, 7) is 4.40. The van der Waals surface area contributed by atoms with Crippen LogP contribution in [0.3, 0.4) is 0 Å². The van der Waals surface area contributed by atoms with Crippen LogP contribution in [-0.4, -0.2) is 19.6 Å². The average molecular weight is 314 g/mol. The van der Waals surface area contributed by atoms with Gasteiger partial charge in [0.25, 0.3) is 0 Å². The van der Waals surface area contributed by atoms with Crippen LogP contribution in [0.5, 0.6) is 0 Å². The molecule has 0 unspecified atom stereocenters. The minimum Gasteiger partial charge on any atom is -0.265 e. The van der Waals surface area contributed by atoms with Crippen molar-refractivity contribution in [3.05, 3.63) is 71.8 Å². The van der Waals surface area contributed by atoms with Gasteiger partial charge in [-0.1, -0.05) is 56.3 Å². The molecule has 0 aliphatic carbocycles. The molecular formula is C20H18N4. The van der Waals surface area contributed by atoms with E-state index in [-0.39, 0.29) is 0 Å². The van der Waals surface area contributed by atoms with E-state index < -0.39 is 0 Å². The summed E-state index contributed by atoms with van der Waals surface area (Å²) in [5.41, 5.74) is 4.24. The van der Waals surface area contributed by atoms with Gasteiger partial charge in [0, 0.05) is 5.39 Å². The smallest absolute Gasteiger partial charge is 0.171 e. The number of para-hydroxylation sites is 1. The molecule has 4 aromatic rings. The van der Waals surface area contributed by atoms with Crippen LogP contribution >= 0.6 is 0 Å². The van der Waals surface area contributed by atoms with E-state index in [2.05, 4.69) is 59.4 Å². The first-order valence-electron chi connectivity index (χ1n) is 8.09. The molecule has 4 nitrogen and oxygen atoms in total. The van der Waals surface area contributed by atoms with Gasteiger partial charge < -0.3 is 0 Å². The van der Waals surface area contributed by atoms with Gasteiger partial charge in [-0.2, -0.15) is 0 Å². The Morgan fingerprint density at radius 2 is 1.71 bits per heavy atom. The van der Waals surface area contributed by atoms with Crippen molar-refractivity contribution in [2.75, 3.05) is 0 Å². The van der Waals surface area contributed by atoms with E-state index in [1.54, 1.807) is 6.33 Å². The summed E-state index contributed by atoms with van der Waals surface area (Å²) in [4.78, 5) is 4.48. The van der Waals surface area contributed by atoms with Gasteiger partial charge in [-0.05, 0) is 35.3 Å². The third-order valence-electron chi connectivity index (χ3n) is 4.21. The maximum atomic E-state index is 4.48. The van der Waals surface area contributed by atoms with Crippen molar-refractivity contribution in [3.8, 4) is 0 Å². The van der Waals surface area contributed by atoms with Crippen molar-refractivity contribution in [2.24, 2.45) is 0 Å². The third kappa shape index (κ3) is 2.56. The van der Waals surface area contributed by atoms with Crippen molar-refractivity contribution < 1.29 is 0 Å². The second kappa shape index (κ2) is 5.89. The third-order valence-corrected chi connectivity index (χ3v) is 4.21. The van der Waals surface area contributed by atoms with Crippen molar-refractivity contribution in [3.63, 3.8) is 0 Å². The molecule has 0 spiro atoms. The van der Waals surface area contributed by atoms with Crippen LogP contribution in [0.2, 0.25) is 0 Å². The van der Waals surface area contributed by atoms with Crippen LogP contribution in [0.4, 0.5) is 0 Å². The van der Waals surface area contributed by atoms with Crippen LogP contribution in [-0.2, 0) is 0 Å². The van der Waals surface area contributed by atoms with Gasteiger partial charge in [-0.3, -0.25) is 4.40 Å². The topological polar surface area (TPSA) is 43.1 Å². The normalized spacial score (nSPS) is 12.0. The van der Waals surface area contributed by atoms with Gasteiger partial charge in [0.2, 0.25) is 0 Å². The summed E-state index contributed by atoms with van der Waals surface area (Å²) in [6, 6.07) is 16.6. The Hall–Kier alpha value is -3.01. The zero-order valence-corrected chi connectivity index (χ0v) is 13.7. The highest BCUT2D eigenvalue weighted by atomic mass is 15.3. The predicted molar refractivity (Wildman–Crippen MR) is 97.7 cm³/mol. The highest BCUT2D eigenvalue weighted by Gasteiger charge is 2.07. The molecule has 0 atom stereocenters. The second-order valence-corrected chi connectivity index (χ2v) is 6.17. The van der Waals surface area contributed by atoms with E-state index in [0.717, 1.165) is 27.9 Å². The summed E-state index contributed by atoms with van der Waals surface area (Å²) in [7, 11) is 0. The van der Waals surface area contributed by atoms with E-state index >= 15 is 0 Å². The van der Waals surface area contributed by atoms with E-state index in [1.165, 1.54) is 5.56 Å². The van der Waals surface area contributed by atoms with E-state index in [4.69, 9.17) is 0 Å². The maximum Gasteiger partial charge on any atom is 0.171 e. The second-order valence-electron chi connectivity index (χ2n) is 6.17. The van der Waals surface area contributed by atoms with Gasteiger partial charge in [0.05, 0.1) is 5.52 Å². The predicted octanol–water partition coefficient (Wildman–Crippen LogP) is 4.57.